The summed E-state index contributed by atoms with van der Waals surface area (Å²) in [5.41, 5.74) is -1.10. The summed E-state index contributed by atoms with van der Waals surface area (Å²) in [6.45, 7) is 9.70. The molecule has 0 bridgehead atoms. The van der Waals surface area contributed by atoms with Crippen LogP contribution in [0.2, 0.25) is 0 Å². The van der Waals surface area contributed by atoms with E-state index < -0.39 is 5.50 Å². The molecule has 0 aliphatic carbocycles. The summed E-state index contributed by atoms with van der Waals surface area (Å²) in [4.78, 5) is 0. The number of para-hydroxylation sites is 1. The van der Waals surface area contributed by atoms with Crippen molar-refractivity contribution in [1.29, 1.82) is 0 Å². The predicted octanol–water partition coefficient (Wildman–Crippen LogP) is 4.03. The maximum absolute atomic E-state index is 6.31. The van der Waals surface area contributed by atoms with Gasteiger partial charge in [0, 0.05) is 13.0 Å². The Bertz CT molecular complexity index is 522. The van der Waals surface area contributed by atoms with Gasteiger partial charge in [-0.25, -0.2) is 0 Å². The molecule has 0 unspecified atom stereocenters. The van der Waals surface area contributed by atoms with Crippen molar-refractivity contribution in [3.63, 3.8) is 0 Å². The Morgan fingerprint density at radius 1 is 1.00 bits per heavy atom. The smallest absolute Gasteiger partial charge is 0.492 e. The lowest BCUT2D eigenvalue weighted by molar-refractivity contribution is -0.0559. The summed E-state index contributed by atoms with van der Waals surface area (Å²) in [5.74, 6) is 0.886. The Labute approximate surface area is 146 Å². The fourth-order valence-electron chi connectivity index (χ4n) is 3.29. The Kier molecular flexibility index (Phi) is 4.96. The first-order chi connectivity index (χ1) is 11.3. The molecule has 132 valence electrons. The first kappa shape index (κ1) is 17.8. The minimum Gasteiger partial charge on any atom is -0.494 e. The van der Waals surface area contributed by atoms with Gasteiger partial charge in [0.1, 0.15) is 11.2 Å². The molecule has 0 radical (unpaired) electrons. The van der Waals surface area contributed by atoms with Crippen molar-refractivity contribution in [3.8, 4) is 5.75 Å². The molecule has 1 aromatic rings. The van der Waals surface area contributed by atoms with Gasteiger partial charge in [0.25, 0.3) is 0 Å². The van der Waals surface area contributed by atoms with Crippen molar-refractivity contribution in [1.82, 2.24) is 0 Å². The monoisotopic (exact) mass is 332 g/mol. The lowest BCUT2D eigenvalue weighted by Gasteiger charge is -2.38. The largest absolute Gasteiger partial charge is 0.494 e. The van der Waals surface area contributed by atoms with Gasteiger partial charge in [-0.05, 0) is 59.1 Å². The van der Waals surface area contributed by atoms with Crippen molar-refractivity contribution in [2.24, 2.45) is 0 Å². The number of hydrogen-bond acceptors (Lipinski definition) is 4. The Morgan fingerprint density at radius 2 is 1.67 bits per heavy atom. The van der Waals surface area contributed by atoms with Gasteiger partial charge >= 0.3 is 7.12 Å². The van der Waals surface area contributed by atoms with Crippen LogP contribution in [-0.4, -0.2) is 37.0 Å². The molecule has 2 fully saturated rings. The van der Waals surface area contributed by atoms with E-state index in [0.717, 1.165) is 38.0 Å². The van der Waals surface area contributed by atoms with E-state index in [4.69, 9.17) is 18.8 Å². The third kappa shape index (κ3) is 3.49. The molecule has 3 rings (SSSR count). The highest BCUT2D eigenvalue weighted by Crippen LogP contribution is 2.44. The van der Waals surface area contributed by atoms with Crippen LogP contribution < -0.4 is 4.74 Å². The molecule has 0 aromatic heterocycles. The highest BCUT2D eigenvalue weighted by atomic mass is 16.7. The van der Waals surface area contributed by atoms with Crippen LogP contribution in [0.25, 0.3) is 0 Å². The lowest BCUT2D eigenvalue weighted by Crippen LogP contribution is -2.53. The first-order valence-electron chi connectivity index (χ1n) is 9.02. The lowest BCUT2D eigenvalue weighted by atomic mass is 9.61. The molecule has 0 N–H and O–H groups in total. The van der Waals surface area contributed by atoms with Crippen molar-refractivity contribution < 1.29 is 18.8 Å². The summed E-state index contributed by atoms with van der Waals surface area (Å²) < 4.78 is 24.8. The zero-order valence-electron chi connectivity index (χ0n) is 15.3. The van der Waals surface area contributed by atoms with E-state index in [0.29, 0.717) is 6.61 Å². The van der Waals surface area contributed by atoms with Gasteiger partial charge in [0.15, 0.2) is 0 Å². The molecule has 0 saturated carbocycles. The maximum Gasteiger partial charge on any atom is 0.492 e. The fourth-order valence-corrected chi connectivity index (χ4v) is 3.29. The van der Waals surface area contributed by atoms with E-state index in [-0.39, 0.29) is 18.3 Å². The highest BCUT2D eigenvalue weighted by Gasteiger charge is 2.60. The van der Waals surface area contributed by atoms with Gasteiger partial charge < -0.3 is 18.8 Å². The average Bonchev–Trinajstić information content (AvgIpc) is 2.78. The Morgan fingerprint density at radius 3 is 2.25 bits per heavy atom. The molecule has 0 spiro atoms. The first-order valence-corrected chi connectivity index (χ1v) is 9.02. The number of benzene rings is 1. The minimum absolute atomic E-state index is 0.342. The van der Waals surface area contributed by atoms with Crippen molar-refractivity contribution in [2.75, 3.05) is 13.2 Å². The standard InChI is InChI=1S/C19H29BO4/c1-17(2)18(3,4)24-20(23-17)19(12-8-9-14-22-19)13-15-21-16-10-6-5-7-11-16/h5-7,10-11H,8-9,12-15H2,1-4H3/t19-/m1/s1. The van der Waals surface area contributed by atoms with Crippen LogP contribution in [-0.2, 0) is 14.0 Å². The van der Waals surface area contributed by atoms with Crippen LogP contribution in [0.4, 0.5) is 0 Å². The average molecular weight is 332 g/mol. The van der Waals surface area contributed by atoms with E-state index >= 15 is 0 Å². The topological polar surface area (TPSA) is 36.9 Å². The molecule has 5 heteroatoms. The summed E-state index contributed by atoms with van der Waals surface area (Å²) in [7, 11) is -0.345. The second-order valence-corrected chi connectivity index (χ2v) is 7.87. The minimum atomic E-state index is -0.419. The second-order valence-electron chi connectivity index (χ2n) is 7.87. The SMILES string of the molecule is CC1(C)OB([C@]2(CCOc3ccccc3)CCCCO2)OC1(C)C. The van der Waals surface area contributed by atoms with Gasteiger partial charge in [-0.3, -0.25) is 0 Å². The molecule has 24 heavy (non-hydrogen) atoms. The van der Waals surface area contributed by atoms with Gasteiger partial charge in [-0.15, -0.1) is 0 Å². The third-order valence-corrected chi connectivity index (χ3v) is 5.60. The normalized spacial score (nSPS) is 28.8. The van der Waals surface area contributed by atoms with Crippen LogP contribution in [0, 0.1) is 0 Å². The van der Waals surface area contributed by atoms with E-state index in [2.05, 4.69) is 27.7 Å². The second kappa shape index (κ2) is 6.70. The van der Waals surface area contributed by atoms with E-state index in [1.807, 2.05) is 30.3 Å². The molecule has 2 heterocycles. The van der Waals surface area contributed by atoms with E-state index in [1.165, 1.54) is 0 Å². The van der Waals surface area contributed by atoms with E-state index in [9.17, 15) is 0 Å². The summed E-state index contributed by atoms with van der Waals surface area (Å²) in [5, 5.41) is 0. The quantitative estimate of drug-likeness (QED) is 0.763. The molecule has 2 aliphatic rings. The third-order valence-electron chi connectivity index (χ3n) is 5.60. The van der Waals surface area contributed by atoms with Crippen LogP contribution in [0.3, 0.4) is 0 Å². The van der Waals surface area contributed by atoms with Gasteiger partial charge in [0.05, 0.1) is 17.8 Å². The molecule has 0 amide bonds. The number of rotatable bonds is 5. The van der Waals surface area contributed by atoms with Gasteiger partial charge in [0.2, 0.25) is 0 Å². The fraction of sp³-hybridized carbons (Fsp3) is 0.684. The van der Waals surface area contributed by atoms with Crippen LogP contribution >= 0.6 is 0 Å². The van der Waals surface area contributed by atoms with Gasteiger partial charge in [-0.1, -0.05) is 18.2 Å². The van der Waals surface area contributed by atoms with Crippen molar-refractivity contribution >= 4 is 7.12 Å². The molecule has 2 saturated heterocycles. The van der Waals surface area contributed by atoms with E-state index in [1.54, 1.807) is 0 Å². The Balaban J connectivity index is 1.69. The van der Waals surface area contributed by atoms with Crippen molar-refractivity contribution in [2.45, 2.75) is 70.1 Å². The Hall–Kier alpha value is -1.04. The predicted molar refractivity (Wildman–Crippen MR) is 95.2 cm³/mol. The molecular formula is C19H29BO4. The molecule has 1 atom stereocenters. The number of ether oxygens (including phenoxy) is 2. The van der Waals surface area contributed by atoms with Gasteiger partial charge in [-0.2, -0.15) is 0 Å². The summed E-state index contributed by atoms with van der Waals surface area (Å²) in [6.07, 6.45) is 3.94. The maximum atomic E-state index is 6.31. The molecule has 4 nitrogen and oxygen atoms in total. The van der Waals surface area contributed by atoms with Crippen LogP contribution in [0.15, 0.2) is 30.3 Å². The molecule has 2 aliphatic heterocycles. The van der Waals surface area contributed by atoms with Crippen LogP contribution in [0.5, 0.6) is 5.75 Å². The highest BCUT2D eigenvalue weighted by molar-refractivity contribution is 6.49. The molecular weight excluding hydrogens is 303 g/mol. The summed E-state index contributed by atoms with van der Waals surface area (Å²) >= 11 is 0. The van der Waals surface area contributed by atoms with Crippen molar-refractivity contribution in [3.05, 3.63) is 30.3 Å². The molecule has 1 aromatic carbocycles. The van der Waals surface area contributed by atoms with Crippen LogP contribution in [0.1, 0.15) is 53.4 Å². The zero-order chi connectivity index (χ0) is 17.3. The number of hydrogen-bond donors (Lipinski definition) is 0. The zero-order valence-corrected chi connectivity index (χ0v) is 15.3. The summed E-state index contributed by atoms with van der Waals surface area (Å²) in [6, 6.07) is 9.91.